The van der Waals surface area contributed by atoms with Gasteiger partial charge < -0.3 is 4.42 Å². The predicted octanol–water partition coefficient (Wildman–Crippen LogP) is 2.31. The number of hydrogen-bond acceptors (Lipinski definition) is 3. The van der Waals surface area contributed by atoms with Crippen molar-refractivity contribution in [1.82, 2.24) is 9.97 Å². The number of fused-ring (bicyclic) bond motifs is 1. The first-order chi connectivity index (χ1) is 6.29. The molecule has 0 saturated carbocycles. The average Bonchev–Trinajstić information content (AvgIpc) is 2.46. The van der Waals surface area contributed by atoms with E-state index in [1.807, 2.05) is 6.92 Å². The fraction of sp³-hybridized carbons (Fsp3) is 0.333. The van der Waals surface area contributed by atoms with E-state index in [1.54, 1.807) is 0 Å². The predicted molar refractivity (Wildman–Crippen MR) is 45.8 cm³/mol. The normalized spacial score (nSPS) is 10.9. The number of aryl methyl sites for hydroxylation is 1. The van der Waals surface area contributed by atoms with Gasteiger partial charge in [0.15, 0.2) is 5.89 Å². The van der Waals surface area contributed by atoms with Gasteiger partial charge in [0, 0.05) is 12.5 Å². The topological polar surface area (TPSA) is 38.9 Å². The van der Waals surface area contributed by atoms with Gasteiger partial charge in [0.1, 0.15) is 11.3 Å². The Kier molecular flexibility index (Phi) is 1.96. The Hall–Kier alpha value is -1.45. The zero-order chi connectivity index (χ0) is 9.26. The Morgan fingerprint density at radius 2 is 2.38 bits per heavy atom. The van der Waals surface area contributed by atoms with Crippen molar-refractivity contribution in [2.24, 2.45) is 0 Å². The summed E-state index contributed by atoms with van der Waals surface area (Å²) in [4.78, 5) is 7.87. The smallest absolute Gasteiger partial charge is 0.247 e. The van der Waals surface area contributed by atoms with Crippen LogP contribution >= 0.6 is 0 Å². The summed E-state index contributed by atoms with van der Waals surface area (Å²) in [5.74, 6) is 0.236. The fourth-order valence-corrected chi connectivity index (χ4v) is 1.16. The monoisotopic (exact) mass is 180 g/mol. The zero-order valence-electron chi connectivity index (χ0n) is 7.25. The third-order valence-electron chi connectivity index (χ3n) is 1.72. The number of aromatic nitrogens is 2. The quantitative estimate of drug-likeness (QED) is 0.711. The summed E-state index contributed by atoms with van der Waals surface area (Å²) in [5.41, 5.74) is 0.897. The van der Waals surface area contributed by atoms with Crippen LogP contribution in [0.4, 0.5) is 4.39 Å². The molecule has 2 heterocycles. The van der Waals surface area contributed by atoms with Crippen molar-refractivity contribution in [2.45, 2.75) is 19.8 Å². The lowest BCUT2D eigenvalue weighted by molar-refractivity contribution is 0.516. The van der Waals surface area contributed by atoms with Crippen LogP contribution in [-0.2, 0) is 6.42 Å². The minimum Gasteiger partial charge on any atom is -0.422 e. The van der Waals surface area contributed by atoms with Crippen molar-refractivity contribution < 1.29 is 8.81 Å². The molecular formula is C9H9FN2O. The lowest BCUT2D eigenvalue weighted by Gasteiger charge is -1.85. The maximum Gasteiger partial charge on any atom is 0.247 e. The van der Waals surface area contributed by atoms with Crippen LogP contribution in [0.15, 0.2) is 16.7 Å². The highest BCUT2D eigenvalue weighted by Gasteiger charge is 2.06. The number of halogens is 1. The second-order valence-corrected chi connectivity index (χ2v) is 2.84. The zero-order valence-corrected chi connectivity index (χ0v) is 7.25. The van der Waals surface area contributed by atoms with Crippen LogP contribution in [0, 0.1) is 5.82 Å². The highest BCUT2D eigenvalue weighted by atomic mass is 19.1. The van der Waals surface area contributed by atoms with E-state index in [0.717, 1.165) is 19.0 Å². The summed E-state index contributed by atoms with van der Waals surface area (Å²) in [6.07, 6.45) is 2.84. The van der Waals surface area contributed by atoms with E-state index in [1.165, 1.54) is 6.07 Å². The summed E-state index contributed by atoms with van der Waals surface area (Å²) < 4.78 is 18.0. The van der Waals surface area contributed by atoms with E-state index in [9.17, 15) is 4.39 Å². The van der Waals surface area contributed by atoms with E-state index >= 15 is 0 Å². The molecule has 0 atom stereocenters. The summed E-state index contributed by atoms with van der Waals surface area (Å²) in [6, 6.07) is 1.32. The Balaban J connectivity index is 2.49. The number of rotatable bonds is 2. The van der Waals surface area contributed by atoms with Crippen LogP contribution in [0.1, 0.15) is 19.2 Å². The minimum atomic E-state index is -0.385. The number of oxazole rings is 1. The molecule has 0 bridgehead atoms. The van der Waals surface area contributed by atoms with Crippen molar-refractivity contribution in [3.63, 3.8) is 0 Å². The molecule has 0 aromatic carbocycles. The van der Waals surface area contributed by atoms with Crippen molar-refractivity contribution in [2.75, 3.05) is 0 Å². The van der Waals surface area contributed by atoms with Gasteiger partial charge in [-0.2, -0.15) is 0 Å². The molecule has 68 valence electrons. The Bertz CT molecular complexity index is 424. The van der Waals surface area contributed by atoms with Gasteiger partial charge in [0.2, 0.25) is 5.71 Å². The second-order valence-electron chi connectivity index (χ2n) is 2.84. The molecule has 2 rings (SSSR count). The largest absolute Gasteiger partial charge is 0.422 e. The maximum atomic E-state index is 12.7. The molecule has 0 unspecified atom stereocenters. The molecule has 0 saturated heterocycles. The summed E-state index contributed by atoms with van der Waals surface area (Å²) in [7, 11) is 0. The molecular weight excluding hydrogens is 171 g/mol. The van der Waals surface area contributed by atoms with Crippen molar-refractivity contribution >= 4 is 11.2 Å². The molecule has 2 aromatic heterocycles. The maximum absolute atomic E-state index is 12.7. The lowest BCUT2D eigenvalue weighted by Crippen LogP contribution is -1.80. The van der Waals surface area contributed by atoms with Crippen molar-refractivity contribution in [3.05, 3.63) is 24.0 Å². The highest BCUT2D eigenvalue weighted by molar-refractivity contribution is 5.67. The van der Waals surface area contributed by atoms with Crippen molar-refractivity contribution in [3.8, 4) is 0 Å². The van der Waals surface area contributed by atoms with Gasteiger partial charge in [0.25, 0.3) is 0 Å². The standard InChI is InChI=1S/C9H9FN2O/c1-2-3-8-12-7-4-6(10)5-11-9(7)13-8/h4-5H,2-3H2,1H3. The molecule has 13 heavy (non-hydrogen) atoms. The van der Waals surface area contributed by atoms with Gasteiger partial charge in [-0.05, 0) is 6.42 Å². The molecule has 0 spiro atoms. The van der Waals surface area contributed by atoms with Gasteiger partial charge >= 0.3 is 0 Å². The van der Waals surface area contributed by atoms with E-state index in [2.05, 4.69) is 9.97 Å². The van der Waals surface area contributed by atoms with Crippen molar-refractivity contribution in [1.29, 1.82) is 0 Å². The first-order valence-corrected chi connectivity index (χ1v) is 4.20. The first kappa shape index (κ1) is 8.16. The van der Waals surface area contributed by atoms with Gasteiger partial charge in [-0.15, -0.1) is 0 Å². The summed E-state index contributed by atoms with van der Waals surface area (Å²) >= 11 is 0. The third kappa shape index (κ3) is 1.52. The third-order valence-corrected chi connectivity index (χ3v) is 1.72. The summed E-state index contributed by atoms with van der Waals surface area (Å²) in [6.45, 7) is 2.03. The molecule has 0 radical (unpaired) electrons. The molecule has 0 amide bonds. The number of nitrogens with zero attached hydrogens (tertiary/aromatic N) is 2. The fourth-order valence-electron chi connectivity index (χ4n) is 1.16. The second kappa shape index (κ2) is 3.12. The van der Waals surface area contributed by atoms with Crippen LogP contribution in [0.2, 0.25) is 0 Å². The SMILES string of the molecule is CCCc1nc2cc(F)cnc2o1. The average molecular weight is 180 g/mol. The Morgan fingerprint density at radius 1 is 1.54 bits per heavy atom. The molecule has 0 aliphatic rings. The Morgan fingerprint density at radius 3 is 3.15 bits per heavy atom. The van der Waals surface area contributed by atoms with Crippen LogP contribution in [0.25, 0.3) is 11.2 Å². The lowest BCUT2D eigenvalue weighted by atomic mass is 10.3. The molecule has 2 aromatic rings. The van der Waals surface area contributed by atoms with Gasteiger partial charge in [-0.3, -0.25) is 0 Å². The summed E-state index contributed by atoms with van der Waals surface area (Å²) in [5, 5.41) is 0. The number of hydrogen-bond donors (Lipinski definition) is 0. The molecule has 0 N–H and O–H groups in total. The van der Waals surface area contributed by atoms with Crippen LogP contribution < -0.4 is 0 Å². The van der Waals surface area contributed by atoms with E-state index < -0.39 is 0 Å². The van der Waals surface area contributed by atoms with Crippen LogP contribution in [0.5, 0.6) is 0 Å². The molecule has 0 aliphatic carbocycles. The first-order valence-electron chi connectivity index (χ1n) is 4.20. The molecule has 0 aliphatic heterocycles. The highest BCUT2D eigenvalue weighted by Crippen LogP contribution is 2.14. The molecule has 4 heteroatoms. The molecule has 0 fully saturated rings. The van der Waals surface area contributed by atoms with E-state index in [4.69, 9.17) is 4.42 Å². The van der Waals surface area contributed by atoms with Gasteiger partial charge in [-0.1, -0.05) is 6.92 Å². The van der Waals surface area contributed by atoms with Gasteiger partial charge in [0.05, 0.1) is 6.20 Å². The van der Waals surface area contributed by atoms with Crippen LogP contribution in [0.3, 0.4) is 0 Å². The Labute approximate surface area is 74.6 Å². The minimum absolute atomic E-state index is 0.385. The van der Waals surface area contributed by atoms with Gasteiger partial charge in [-0.25, -0.2) is 14.4 Å². The number of pyridine rings is 1. The molecule has 3 nitrogen and oxygen atoms in total. The van der Waals surface area contributed by atoms with Crippen LogP contribution in [-0.4, -0.2) is 9.97 Å². The van der Waals surface area contributed by atoms with E-state index in [0.29, 0.717) is 17.1 Å². The van der Waals surface area contributed by atoms with E-state index in [-0.39, 0.29) is 5.82 Å².